The monoisotopic (exact) mass is 390 g/mol. The molecule has 1 saturated carbocycles. The number of ether oxygens (including phenoxy) is 3. The second-order valence-electron chi connectivity index (χ2n) is 6.77. The Morgan fingerprint density at radius 3 is 2.52 bits per heavy atom. The highest BCUT2D eigenvalue weighted by atomic mass is 35.5. The van der Waals surface area contributed by atoms with Crippen molar-refractivity contribution in [2.75, 3.05) is 13.2 Å². The normalized spacial score (nSPS) is 13.5. The SMILES string of the molecule is CCOC(=O)Oc1c(OCC2CC2)nc(-c2ccc(Cl)cc2)nc1C(C)C. The molecule has 3 rings (SSSR count). The molecule has 0 atom stereocenters. The summed E-state index contributed by atoms with van der Waals surface area (Å²) in [4.78, 5) is 21.1. The largest absolute Gasteiger partial charge is 0.514 e. The first-order valence-corrected chi connectivity index (χ1v) is 9.51. The molecule has 0 unspecified atom stereocenters. The van der Waals surface area contributed by atoms with Crippen LogP contribution in [0.2, 0.25) is 5.02 Å². The minimum atomic E-state index is -0.793. The van der Waals surface area contributed by atoms with Crippen LogP contribution in [0.5, 0.6) is 11.6 Å². The van der Waals surface area contributed by atoms with Gasteiger partial charge in [-0.3, -0.25) is 0 Å². The van der Waals surface area contributed by atoms with Crippen LogP contribution in [0.1, 0.15) is 45.2 Å². The fourth-order valence-corrected chi connectivity index (χ4v) is 2.60. The van der Waals surface area contributed by atoms with E-state index >= 15 is 0 Å². The zero-order chi connectivity index (χ0) is 19.4. The summed E-state index contributed by atoms with van der Waals surface area (Å²) >= 11 is 5.98. The van der Waals surface area contributed by atoms with E-state index in [1.54, 1.807) is 19.1 Å². The zero-order valence-electron chi connectivity index (χ0n) is 15.7. The topological polar surface area (TPSA) is 70.5 Å². The molecule has 1 fully saturated rings. The van der Waals surface area contributed by atoms with Crippen LogP contribution in [-0.4, -0.2) is 29.3 Å². The summed E-state index contributed by atoms with van der Waals surface area (Å²) in [5.74, 6) is 1.50. The first kappa shape index (κ1) is 19.4. The van der Waals surface area contributed by atoms with E-state index in [4.69, 9.17) is 25.8 Å². The predicted molar refractivity (Wildman–Crippen MR) is 102 cm³/mol. The van der Waals surface area contributed by atoms with Crippen LogP contribution in [0.25, 0.3) is 11.4 Å². The molecule has 1 aromatic heterocycles. The zero-order valence-corrected chi connectivity index (χ0v) is 16.5. The van der Waals surface area contributed by atoms with Crippen LogP contribution in [0.15, 0.2) is 24.3 Å². The fraction of sp³-hybridized carbons (Fsp3) is 0.450. The lowest BCUT2D eigenvalue weighted by Crippen LogP contribution is -2.15. The van der Waals surface area contributed by atoms with Gasteiger partial charge in [-0.1, -0.05) is 25.4 Å². The molecule has 0 aliphatic heterocycles. The number of hydrogen-bond acceptors (Lipinski definition) is 6. The van der Waals surface area contributed by atoms with E-state index in [9.17, 15) is 4.79 Å². The molecule has 0 radical (unpaired) electrons. The lowest BCUT2D eigenvalue weighted by atomic mass is 10.1. The second kappa shape index (κ2) is 8.57. The third kappa shape index (κ3) is 5.10. The molecule has 0 spiro atoms. The summed E-state index contributed by atoms with van der Waals surface area (Å²) in [5, 5.41) is 0.635. The van der Waals surface area contributed by atoms with Gasteiger partial charge in [0.05, 0.1) is 18.9 Å². The molecule has 1 heterocycles. The van der Waals surface area contributed by atoms with E-state index in [1.165, 1.54) is 0 Å². The average molecular weight is 391 g/mol. The molecule has 7 heteroatoms. The molecule has 6 nitrogen and oxygen atoms in total. The summed E-state index contributed by atoms with van der Waals surface area (Å²) in [7, 11) is 0. The Labute approximate surface area is 163 Å². The van der Waals surface area contributed by atoms with Gasteiger partial charge < -0.3 is 14.2 Å². The van der Waals surface area contributed by atoms with Crippen LogP contribution >= 0.6 is 11.6 Å². The predicted octanol–water partition coefficient (Wildman–Crippen LogP) is 5.24. The number of halogens is 1. The number of nitrogens with zero attached hydrogens (tertiary/aromatic N) is 2. The molecule has 1 aliphatic carbocycles. The van der Waals surface area contributed by atoms with Crippen molar-refractivity contribution in [3.8, 4) is 23.0 Å². The maximum atomic E-state index is 11.9. The number of aromatic nitrogens is 2. The van der Waals surface area contributed by atoms with Gasteiger partial charge >= 0.3 is 6.16 Å². The summed E-state index contributed by atoms with van der Waals surface area (Å²) in [5.41, 5.74) is 1.40. The van der Waals surface area contributed by atoms with Crippen LogP contribution in [0, 0.1) is 5.92 Å². The van der Waals surface area contributed by atoms with E-state index in [0.29, 0.717) is 29.1 Å². The standard InChI is InChI=1S/C20H23ClN2O4/c1-4-25-20(24)27-17-16(12(2)3)22-18(14-7-9-15(21)10-8-14)23-19(17)26-11-13-5-6-13/h7-10,12-13H,4-6,11H2,1-3H3. The molecule has 27 heavy (non-hydrogen) atoms. The Kier molecular flexibility index (Phi) is 6.16. The highest BCUT2D eigenvalue weighted by Gasteiger charge is 2.27. The molecule has 2 aromatic rings. The number of benzene rings is 1. The van der Waals surface area contributed by atoms with Gasteiger partial charge in [-0.15, -0.1) is 0 Å². The minimum Gasteiger partial charge on any atom is -0.475 e. The number of hydrogen-bond donors (Lipinski definition) is 0. The Morgan fingerprint density at radius 1 is 1.22 bits per heavy atom. The van der Waals surface area contributed by atoms with Crippen LogP contribution < -0.4 is 9.47 Å². The van der Waals surface area contributed by atoms with Gasteiger partial charge in [0.1, 0.15) is 0 Å². The molecule has 1 aliphatic rings. The van der Waals surface area contributed by atoms with Gasteiger partial charge in [0.25, 0.3) is 5.88 Å². The summed E-state index contributed by atoms with van der Waals surface area (Å²) in [6, 6.07) is 7.25. The molecular formula is C20H23ClN2O4. The Morgan fingerprint density at radius 2 is 1.93 bits per heavy atom. The highest BCUT2D eigenvalue weighted by molar-refractivity contribution is 6.30. The van der Waals surface area contributed by atoms with Crippen molar-refractivity contribution in [1.29, 1.82) is 0 Å². The van der Waals surface area contributed by atoms with Gasteiger partial charge in [0.2, 0.25) is 5.75 Å². The number of carbonyl (C=O) groups is 1. The van der Waals surface area contributed by atoms with Crippen molar-refractivity contribution in [1.82, 2.24) is 9.97 Å². The van der Waals surface area contributed by atoms with Gasteiger partial charge in [0.15, 0.2) is 5.82 Å². The highest BCUT2D eigenvalue weighted by Crippen LogP contribution is 2.37. The van der Waals surface area contributed by atoms with Gasteiger partial charge in [-0.25, -0.2) is 9.78 Å². The van der Waals surface area contributed by atoms with Crippen molar-refractivity contribution >= 4 is 17.8 Å². The first-order chi connectivity index (χ1) is 13.0. The maximum absolute atomic E-state index is 11.9. The lowest BCUT2D eigenvalue weighted by Gasteiger charge is -2.17. The van der Waals surface area contributed by atoms with Gasteiger partial charge in [-0.05, 0) is 55.9 Å². The number of rotatable bonds is 7. The third-order valence-electron chi connectivity index (χ3n) is 4.11. The third-order valence-corrected chi connectivity index (χ3v) is 4.36. The van der Waals surface area contributed by atoms with E-state index in [0.717, 1.165) is 18.4 Å². The molecule has 0 N–H and O–H groups in total. The smallest absolute Gasteiger partial charge is 0.475 e. The van der Waals surface area contributed by atoms with E-state index in [2.05, 4.69) is 9.97 Å². The van der Waals surface area contributed by atoms with Crippen LogP contribution in [-0.2, 0) is 4.74 Å². The molecule has 0 saturated heterocycles. The van der Waals surface area contributed by atoms with Gasteiger partial charge in [-0.2, -0.15) is 4.98 Å². The Hall–Kier alpha value is -2.34. The lowest BCUT2D eigenvalue weighted by molar-refractivity contribution is 0.101. The van der Waals surface area contributed by atoms with Crippen molar-refractivity contribution in [2.45, 2.75) is 39.5 Å². The van der Waals surface area contributed by atoms with Gasteiger partial charge in [0, 0.05) is 10.6 Å². The van der Waals surface area contributed by atoms with E-state index in [-0.39, 0.29) is 24.2 Å². The second-order valence-corrected chi connectivity index (χ2v) is 7.20. The van der Waals surface area contributed by atoms with E-state index in [1.807, 2.05) is 26.0 Å². The number of carbonyl (C=O) groups excluding carboxylic acids is 1. The van der Waals surface area contributed by atoms with Crippen molar-refractivity contribution in [3.63, 3.8) is 0 Å². The van der Waals surface area contributed by atoms with Crippen molar-refractivity contribution < 1.29 is 19.0 Å². The molecule has 1 aromatic carbocycles. The average Bonchev–Trinajstić information content (AvgIpc) is 3.45. The fourth-order valence-electron chi connectivity index (χ4n) is 2.47. The van der Waals surface area contributed by atoms with Crippen molar-refractivity contribution in [3.05, 3.63) is 35.0 Å². The molecule has 0 amide bonds. The van der Waals surface area contributed by atoms with Crippen LogP contribution in [0.3, 0.4) is 0 Å². The first-order valence-electron chi connectivity index (χ1n) is 9.13. The van der Waals surface area contributed by atoms with Crippen LogP contribution in [0.4, 0.5) is 4.79 Å². The molecule has 0 bridgehead atoms. The quantitative estimate of drug-likeness (QED) is 0.601. The Bertz CT molecular complexity index is 804. The Balaban J connectivity index is 2.02. The molecule has 144 valence electrons. The summed E-state index contributed by atoms with van der Waals surface area (Å²) in [6.07, 6.45) is 1.49. The van der Waals surface area contributed by atoms with Crippen molar-refractivity contribution in [2.24, 2.45) is 5.92 Å². The molecular weight excluding hydrogens is 368 g/mol. The summed E-state index contributed by atoms with van der Waals surface area (Å²) < 4.78 is 16.2. The minimum absolute atomic E-state index is 0.00764. The summed E-state index contributed by atoms with van der Waals surface area (Å²) in [6.45, 7) is 6.41. The van der Waals surface area contributed by atoms with E-state index < -0.39 is 6.16 Å². The maximum Gasteiger partial charge on any atom is 0.514 e.